The van der Waals surface area contributed by atoms with Crippen LogP contribution in [0.15, 0.2) is 0 Å². The molecule has 0 saturated heterocycles. The zero-order chi connectivity index (χ0) is 40.4. The van der Waals surface area contributed by atoms with Crippen molar-refractivity contribution in [1.29, 1.82) is 0 Å². The quantitative estimate of drug-likeness (QED) is 0.0237. The molecule has 0 rings (SSSR count). The third-order valence-corrected chi connectivity index (χ3v) is 9.87. The molecule has 0 fully saturated rings. The fourth-order valence-corrected chi connectivity index (χ4v) is 6.10. The van der Waals surface area contributed by atoms with Crippen LogP contribution in [0.2, 0.25) is 0 Å². The van der Waals surface area contributed by atoms with Crippen molar-refractivity contribution in [2.45, 2.75) is 250 Å². The van der Waals surface area contributed by atoms with E-state index in [1.165, 1.54) is 167 Å². The van der Waals surface area contributed by atoms with Gasteiger partial charge in [0.15, 0.2) is 6.29 Å². The Hall–Kier alpha value is -1.59. The zero-order valence-corrected chi connectivity index (χ0v) is 34.5. The van der Waals surface area contributed by atoms with E-state index >= 15 is 0 Å². The van der Waals surface area contributed by atoms with E-state index in [2.05, 4.69) is 13.8 Å². The summed E-state index contributed by atoms with van der Waals surface area (Å²) >= 11 is 0. The van der Waals surface area contributed by atoms with Crippen molar-refractivity contribution >= 4 is 18.2 Å². The molecule has 318 valence electrons. The lowest BCUT2D eigenvalue weighted by atomic mass is 9.90. The van der Waals surface area contributed by atoms with E-state index in [1.54, 1.807) is 0 Å². The molecule has 10 heteroatoms. The van der Waals surface area contributed by atoms with Crippen molar-refractivity contribution in [2.24, 2.45) is 0 Å². The minimum atomic E-state index is -2.18. The predicted octanol–water partition coefficient (Wildman–Crippen LogP) is 9.68. The summed E-state index contributed by atoms with van der Waals surface area (Å²) in [6.45, 7) is 4.75. The van der Waals surface area contributed by atoms with Gasteiger partial charge in [-0.15, -0.1) is 0 Å². The fraction of sp³-hybridized carbons (Fsp3) is 0.930. The van der Waals surface area contributed by atoms with Crippen LogP contribution >= 0.6 is 0 Å². The maximum absolute atomic E-state index is 10.3. The van der Waals surface area contributed by atoms with Crippen LogP contribution < -0.4 is 0 Å². The Morgan fingerprint density at radius 1 is 0.491 bits per heavy atom. The molecule has 10 nitrogen and oxygen atoms in total. The van der Waals surface area contributed by atoms with Crippen molar-refractivity contribution in [1.82, 2.24) is 0 Å². The highest BCUT2D eigenvalue weighted by Gasteiger charge is 2.41. The van der Waals surface area contributed by atoms with Crippen molar-refractivity contribution in [2.75, 3.05) is 6.61 Å². The molecule has 0 aromatic rings. The first-order valence-electron chi connectivity index (χ1n) is 21.7. The molecule has 0 aromatic carbocycles. The molecule has 7 N–H and O–H groups in total. The Morgan fingerprint density at radius 3 is 0.906 bits per heavy atom. The summed E-state index contributed by atoms with van der Waals surface area (Å²) in [5.41, 5.74) is -2.18. The highest BCUT2D eigenvalue weighted by molar-refractivity contribution is 5.66. The van der Waals surface area contributed by atoms with Gasteiger partial charge in [-0.05, 0) is 19.8 Å². The first-order chi connectivity index (χ1) is 25.4. The van der Waals surface area contributed by atoms with E-state index in [0.29, 0.717) is 12.8 Å². The van der Waals surface area contributed by atoms with Crippen LogP contribution in [0.3, 0.4) is 0 Å². The van der Waals surface area contributed by atoms with Crippen LogP contribution in [0.5, 0.6) is 0 Å². The van der Waals surface area contributed by atoms with E-state index in [9.17, 15) is 19.5 Å². The van der Waals surface area contributed by atoms with E-state index < -0.39 is 42.5 Å². The summed E-state index contributed by atoms with van der Waals surface area (Å²) in [6, 6.07) is 0. The van der Waals surface area contributed by atoms with Crippen molar-refractivity contribution in [3.63, 3.8) is 0 Å². The van der Waals surface area contributed by atoms with Gasteiger partial charge in [-0.1, -0.05) is 194 Å². The van der Waals surface area contributed by atoms with E-state index in [0.717, 1.165) is 32.6 Å². The molecule has 0 bridgehead atoms. The maximum Gasteiger partial charge on any atom is 0.303 e. The molecule has 0 aromatic heterocycles. The van der Waals surface area contributed by atoms with Crippen molar-refractivity contribution in [3.8, 4) is 0 Å². The molecule has 0 spiro atoms. The number of aliphatic hydroxyl groups is 5. The summed E-state index contributed by atoms with van der Waals surface area (Å²) in [4.78, 5) is 30.8. The lowest BCUT2D eigenvalue weighted by molar-refractivity contribution is -0.173. The van der Waals surface area contributed by atoms with Gasteiger partial charge in [-0.2, -0.15) is 0 Å². The number of carboxylic acid groups (broad SMARTS) is 2. The lowest BCUT2D eigenvalue weighted by Crippen LogP contribution is -2.56. The molecular weight excluding hydrogens is 676 g/mol. The number of carbonyl (C=O) groups excluding carboxylic acids is 1. The smallest absolute Gasteiger partial charge is 0.303 e. The molecule has 0 unspecified atom stereocenters. The second-order valence-corrected chi connectivity index (χ2v) is 15.2. The first kappa shape index (κ1) is 55.7. The van der Waals surface area contributed by atoms with Gasteiger partial charge in [-0.3, -0.25) is 9.59 Å². The van der Waals surface area contributed by atoms with Crippen LogP contribution in [0.1, 0.15) is 226 Å². The molecule has 0 aliphatic rings. The summed E-state index contributed by atoms with van der Waals surface area (Å²) in [5.74, 6) is -1.31. The third kappa shape index (κ3) is 43.0. The van der Waals surface area contributed by atoms with Gasteiger partial charge in [0.05, 0.1) is 6.61 Å². The Bertz CT molecular complexity index is 732. The van der Waals surface area contributed by atoms with Gasteiger partial charge in [0.25, 0.3) is 0 Å². The average molecular weight is 763 g/mol. The number of aldehydes is 1. The number of aliphatic hydroxyl groups excluding tert-OH is 4. The minimum Gasteiger partial charge on any atom is -0.481 e. The van der Waals surface area contributed by atoms with Crippen LogP contribution in [-0.2, 0) is 14.4 Å². The highest BCUT2D eigenvalue weighted by atomic mass is 16.4. The summed E-state index contributed by atoms with van der Waals surface area (Å²) in [6.07, 6.45) is 35.2. The highest BCUT2D eigenvalue weighted by Crippen LogP contribution is 2.18. The second kappa shape index (κ2) is 43.1. The third-order valence-electron chi connectivity index (χ3n) is 9.87. The van der Waals surface area contributed by atoms with E-state index in [-0.39, 0.29) is 6.29 Å². The molecule has 4 atom stereocenters. The van der Waals surface area contributed by atoms with Crippen LogP contribution in [0.4, 0.5) is 0 Å². The van der Waals surface area contributed by atoms with Gasteiger partial charge >= 0.3 is 11.9 Å². The molecular formula is C43H86O10. The molecule has 53 heavy (non-hydrogen) atoms. The van der Waals surface area contributed by atoms with Gasteiger partial charge in [0, 0.05) is 12.8 Å². The largest absolute Gasteiger partial charge is 0.481 e. The van der Waals surface area contributed by atoms with Crippen molar-refractivity contribution in [3.05, 3.63) is 0 Å². The number of hydrogen-bond acceptors (Lipinski definition) is 8. The number of carboxylic acids is 2. The molecule has 0 aliphatic carbocycles. The standard InChI is InChI=1S/2C18H36O2.C7H14O6/c2*1-2-3-4-5-6-7-8-9-10-11-12-13-14-15-16-17-18(19)20;1-7(13,5(11)3-9)6(12)4(10)2-8/h2*2-17H2,1H3,(H,19,20);3-6,8,10-13H,2H2,1H3/t;;4-,5+,6-,7-/m..1/s1. The molecule has 0 saturated carbocycles. The molecule has 0 heterocycles. The van der Waals surface area contributed by atoms with Crippen LogP contribution in [0.25, 0.3) is 0 Å². The van der Waals surface area contributed by atoms with Gasteiger partial charge in [0.2, 0.25) is 0 Å². The lowest BCUT2D eigenvalue weighted by Gasteiger charge is -2.32. The Kier molecular flexibility index (Phi) is 45.4. The Balaban J connectivity index is -0.000000726. The van der Waals surface area contributed by atoms with Crippen molar-refractivity contribution < 1.29 is 50.1 Å². The number of unbranched alkanes of at least 4 members (excludes halogenated alkanes) is 28. The number of carbonyl (C=O) groups is 3. The second-order valence-electron chi connectivity index (χ2n) is 15.2. The zero-order valence-electron chi connectivity index (χ0n) is 34.5. The molecule has 0 aliphatic heterocycles. The minimum absolute atomic E-state index is 0.0350. The van der Waals surface area contributed by atoms with Gasteiger partial charge in [-0.25, -0.2) is 0 Å². The van der Waals surface area contributed by atoms with Gasteiger partial charge < -0.3 is 40.5 Å². The number of aliphatic carboxylic acids is 2. The van der Waals surface area contributed by atoms with E-state index in [4.69, 9.17) is 30.6 Å². The molecule has 0 radical (unpaired) electrons. The summed E-state index contributed by atoms with van der Waals surface area (Å²) in [5, 5.41) is 61.8. The summed E-state index contributed by atoms with van der Waals surface area (Å²) in [7, 11) is 0. The predicted molar refractivity (Wildman–Crippen MR) is 216 cm³/mol. The summed E-state index contributed by atoms with van der Waals surface area (Å²) < 4.78 is 0. The monoisotopic (exact) mass is 763 g/mol. The van der Waals surface area contributed by atoms with Gasteiger partial charge in [0.1, 0.15) is 23.9 Å². The van der Waals surface area contributed by atoms with E-state index in [1.807, 2.05) is 0 Å². The van der Waals surface area contributed by atoms with Crippen LogP contribution in [0, 0.1) is 0 Å². The molecule has 0 amide bonds. The van der Waals surface area contributed by atoms with Crippen LogP contribution in [-0.4, -0.2) is 84.5 Å². The maximum atomic E-state index is 10.3. The average Bonchev–Trinajstić information content (AvgIpc) is 3.14. The fourth-order valence-electron chi connectivity index (χ4n) is 6.10. The Morgan fingerprint density at radius 2 is 0.717 bits per heavy atom. The number of rotatable bonds is 37. The number of hydrogen-bond donors (Lipinski definition) is 7. The topological polar surface area (TPSA) is 193 Å². The Labute approximate surface area is 324 Å². The normalized spacial score (nSPS) is 13.8. The SMILES string of the molecule is CCCCCCCCCCCCCCCCCC(=O)O.CCCCCCCCCCCCCCCCCC(=O)O.C[C@](O)([C@H](O)[C@H](O)CO)[C@@H](O)C=O. The first-order valence-corrected chi connectivity index (χ1v) is 21.7.